The Morgan fingerprint density at radius 1 is 1.26 bits per heavy atom. The van der Waals surface area contributed by atoms with Crippen molar-refractivity contribution in [2.24, 2.45) is 5.73 Å². The first-order valence-electron chi connectivity index (χ1n) is 7.22. The minimum Gasteiger partial charge on any atom is -0.495 e. The summed E-state index contributed by atoms with van der Waals surface area (Å²) in [6.07, 6.45) is 4.55. The van der Waals surface area contributed by atoms with E-state index in [1.165, 1.54) is 12.8 Å². The maximum atomic E-state index is 6.11. The van der Waals surface area contributed by atoms with Crippen LogP contribution in [0.4, 0.5) is 5.69 Å². The van der Waals surface area contributed by atoms with Crippen LogP contribution in [0.15, 0.2) is 24.3 Å². The number of likely N-dealkylation sites (N-methyl/N-ethyl adjacent to an activating group) is 1. The smallest absolute Gasteiger partial charge is 0.142 e. The van der Waals surface area contributed by atoms with Gasteiger partial charge >= 0.3 is 0 Å². The maximum Gasteiger partial charge on any atom is 0.142 e. The molecule has 0 aliphatic rings. The quantitative estimate of drug-likeness (QED) is 0.782. The van der Waals surface area contributed by atoms with Crippen molar-refractivity contribution in [1.82, 2.24) is 0 Å². The number of nitrogens with two attached hydrogens (primary N) is 1. The lowest BCUT2D eigenvalue weighted by Crippen LogP contribution is -2.52. The van der Waals surface area contributed by atoms with Gasteiger partial charge in [-0.25, -0.2) is 0 Å². The Morgan fingerprint density at radius 3 is 2.47 bits per heavy atom. The normalized spacial score (nSPS) is 13.9. The lowest BCUT2D eigenvalue weighted by molar-refractivity contribution is 0.351. The van der Waals surface area contributed by atoms with Crippen molar-refractivity contribution in [3.05, 3.63) is 24.3 Å². The molecule has 0 fully saturated rings. The number of unbranched alkanes of at least 4 members (excludes halogenated alkanes) is 1. The van der Waals surface area contributed by atoms with Crippen LogP contribution in [0.2, 0.25) is 0 Å². The summed E-state index contributed by atoms with van der Waals surface area (Å²) in [5.74, 6) is 0.910. The van der Waals surface area contributed by atoms with Crippen molar-refractivity contribution in [2.45, 2.75) is 45.1 Å². The Morgan fingerprint density at radius 2 is 1.95 bits per heavy atom. The lowest BCUT2D eigenvalue weighted by Gasteiger charge is -2.43. The summed E-state index contributed by atoms with van der Waals surface area (Å²) in [6, 6.07) is 8.15. The molecule has 108 valence electrons. The minimum atomic E-state index is 0.0185. The number of rotatable bonds is 8. The average Bonchev–Trinajstić information content (AvgIpc) is 2.48. The zero-order valence-corrected chi connectivity index (χ0v) is 12.8. The van der Waals surface area contributed by atoms with Crippen LogP contribution < -0.4 is 15.4 Å². The number of ether oxygens (including phenoxy) is 1. The number of methoxy groups -OCH3 is 1. The van der Waals surface area contributed by atoms with E-state index in [9.17, 15) is 0 Å². The Bertz CT molecular complexity index is 375. The number of para-hydroxylation sites is 2. The number of benzene rings is 1. The molecule has 3 nitrogen and oxygen atoms in total. The number of hydrogen-bond acceptors (Lipinski definition) is 3. The molecule has 0 spiro atoms. The van der Waals surface area contributed by atoms with E-state index in [0.29, 0.717) is 6.54 Å². The summed E-state index contributed by atoms with van der Waals surface area (Å²) in [5.41, 5.74) is 7.24. The summed E-state index contributed by atoms with van der Waals surface area (Å²) in [5, 5.41) is 0. The lowest BCUT2D eigenvalue weighted by atomic mass is 9.87. The van der Waals surface area contributed by atoms with Crippen LogP contribution in [0, 0.1) is 0 Å². The minimum absolute atomic E-state index is 0.0185. The second-order valence-corrected chi connectivity index (χ2v) is 5.12. The standard InChI is InChI=1S/C16H28N2O/c1-5-7-12-16(6-2,13-17)18(3)14-10-8-9-11-15(14)19-4/h8-11H,5-7,12-13,17H2,1-4H3. The van der Waals surface area contributed by atoms with Gasteiger partial charge in [0.2, 0.25) is 0 Å². The van der Waals surface area contributed by atoms with Gasteiger partial charge < -0.3 is 15.4 Å². The molecule has 1 aromatic rings. The molecule has 1 atom stereocenters. The predicted octanol–water partition coefficient (Wildman–Crippen LogP) is 3.43. The second kappa shape index (κ2) is 7.39. The van der Waals surface area contributed by atoms with Crippen molar-refractivity contribution >= 4 is 5.69 Å². The van der Waals surface area contributed by atoms with Crippen LogP contribution in [-0.2, 0) is 0 Å². The van der Waals surface area contributed by atoms with Gasteiger partial charge in [-0.1, -0.05) is 38.8 Å². The molecule has 3 heteroatoms. The Hall–Kier alpha value is -1.22. The highest BCUT2D eigenvalue weighted by Crippen LogP contribution is 2.35. The van der Waals surface area contributed by atoms with Gasteiger partial charge in [0.15, 0.2) is 0 Å². The van der Waals surface area contributed by atoms with Crippen molar-refractivity contribution in [1.29, 1.82) is 0 Å². The monoisotopic (exact) mass is 264 g/mol. The fraction of sp³-hybridized carbons (Fsp3) is 0.625. The van der Waals surface area contributed by atoms with Crippen LogP contribution in [0.5, 0.6) is 5.75 Å². The van der Waals surface area contributed by atoms with Crippen LogP contribution in [0.1, 0.15) is 39.5 Å². The van der Waals surface area contributed by atoms with Gasteiger partial charge in [-0.2, -0.15) is 0 Å². The summed E-state index contributed by atoms with van der Waals surface area (Å²) in [6.45, 7) is 5.10. The zero-order valence-electron chi connectivity index (χ0n) is 12.8. The molecule has 0 aromatic heterocycles. The molecule has 1 aromatic carbocycles. The zero-order chi connectivity index (χ0) is 14.3. The van der Waals surface area contributed by atoms with Crippen molar-refractivity contribution in [3.63, 3.8) is 0 Å². The van der Waals surface area contributed by atoms with E-state index >= 15 is 0 Å². The van der Waals surface area contributed by atoms with Crippen LogP contribution in [0.25, 0.3) is 0 Å². The number of anilines is 1. The van der Waals surface area contributed by atoms with E-state index in [1.807, 2.05) is 18.2 Å². The van der Waals surface area contributed by atoms with Gasteiger partial charge in [0.1, 0.15) is 5.75 Å². The first-order valence-corrected chi connectivity index (χ1v) is 7.22. The maximum absolute atomic E-state index is 6.11. The fourth-order valence-corrected chi connectivity index (χ4v) is 2.63. The third kappa shape index (κ3) is 3.41. The Kier molecular flexibility index (Phi) is 6.16. The molecular weight excluding hydrogens is 236 g/mol. The fourth-order valence-electron chi connectivity index (χ4n) is 2.63. The molecular formula is C16H28N2O. The van der Waals surface area contributed by atoms with Gasteiger partial charge in [0.05, 0.1) is 18.3 Å². The first kappa shape index (κ1) is 15.8. The molecule has 0 aliphatic carbocycles. The summed E-state index contributed by atoms with van der Waals surface area (Å²) in [7, 11) is 3.85. The molecule has 0 bridgehead atoms. The van der Waals surface area contributed by atoms with Crippen molar-refractivity contribution in [3.8, 4) is 5.75 Å². The SMILES string of the molecule is CCCCC(CC)(CN)N(C)c1ccccc1OC. The first-order chi connectivity index (χ1) is 9.15. The van der Waals surface area contributed by atoms with Crippen LogP contribution in [0.3, 0.4) is 0 Å². The third-order valence-electron chi connectivity index (χ3n) is 4.19. The Labute approximate surface area is 117 Å². The Balaban J connectivity index is 3.07. The molecule has 0 heterocycles. The van der Waals surface area contributed by atoms with Gasteiger partial charge in [0, 0.05) is 13.6 Å². The third-order valence-corrected chi connectivity index (χ3v) is 4.19. The van der Waals surface area contributed by atoms with E-state index in [2.05, 4.69) is 31.9 Å². The molecule has 0 amide bonds. The highest BCUT2D eigenvalue weighted by atomic mass is 16.5. The van der Waals surface area contributed by atoms with Crippen molar-refractivity contribution < 1.29 is 4.74 Å². The average molecular weight is 264 g/mol. The highest BCUT2D eigenvalue weighted by Gasteiger charge is 2.32. The van der Waals surface area contributed by atoms with Gasteiger partial charge in [-0.15, -0.1) is 0 Å². The molecule has 1 unspecified atom stereocenters. The van der Waals surface area contributed by atoms with Crippen molar-refractivity contribution in [2.75, 3.05) is 25.6 Å². The summed E-state index contributed by atoms with van der Waals surface area (Å²) < 4.78 is 5.47. The van der Waals surface area contributed by atoms with E-state index in [0.717, 1.165) is 24.3 Å². The molecule has 0 radical (unpaired) electrons. The van der Waals surface area contributed by atoms with Gasteiger partial charge in [-0.3, -0.25) is 0 Å². The second-order valence-electron chi connectivity index (χ2n) is 5.12. The van der Waals surface area contributed by atoms with Crippen LogP contribution in [-0.4, -0.2) is 26.2 Å². The molecule has 0 saturated carbocycles. The van der Waals surface area contributed by atoms with Gasteiger partial charge in [0.25, 0.3) is 0 Å². The molecule has 0 saturated heterocycles. The van der Waals surface area contributed by atoms with E-state index in [4.69, 9.17) is 10.5 Å². The topological polar surface area (TPSA) is 38.5 Å². The largest absolute Gasteiger partial charge is 0.495 e. The summed E-state index contributed by atoms with van der Waals surface area (Å²) in [4.78, 5) is 2.31. The summed E-state index contributed by atoms with van der Waals surface area (Å²) >= 11 is 0. The van der Waals surface area contributed by atoms with Crippen LogP contribution >= 0.6 is 0 Å². The number of hydrogen-bond donors (Lipinski definition) is 1. The van der Waals surface area contributed by atoms with Gasteiger partial charge in [-0.05, 0) is 25.0 Å². The highest BCUT2D eigenvalue weighted by molar-refractivity contribution is 5.59. The number of nitrogens with zero attached hydrogens (tertiary/aromatic N) is 1. The van der Waals surface area contributed by atoms with E-state index in [-0.39, 0.29) is 5.54 Å². The van der Waals surface area contributed by atoms with E-state index in [1.54, 1.807) is 7.11 Å². The molecule has 19 heavy (non-hydrogen) atoms. The molecule has 0 aliphatic heterocycles. The molecule has 2 N–H and O–H groups in total. The molecule has 1 rings (SSSR count). The predicted molar refractivity (Wildman–Crippen MR) is 83.0 cm³/mol. The van der Waals surface area contributed by atoms with E-state index < -0.39 is 0 Å².